The largest absolute Gasteiger partial charge is 0.707 e. The van der Waals surface area contributed by atoms with Crippen molar-refractivity contribution in [2.45, 2.75) is 12.8 Å². The van der Waals surface area contributed by atoms with E-state index in [1.807, 2.05) is 0 Å². The number of halogens is 4. The zero-order chi connectivity index (χ0) is 16.0. The third-order valence-electron chi connectivity index (χ3n) is 3.60. The lowest BCUT2D eigenvalue weighted by atomic mass is 9.86. The summed E-state index contributed by atoms with van der Waals surface area (Å²) in [5.74, 6) is -8.49. The fourth-order valence-corrected chi connectivity index (χ4v) is 2.42. The van der Waals surface area contributed by atoms with Crippen LogP contribution < -0.4 is 4.65 Å². The van der Waals surface area contributed by atoms with Crippen molar-refractivity contribution in [3.63, 3.8) is 0 Å². The minimum atomic E-state index is -2.61. The molecular weight excluding hydrogens is 303 g/mol. The summed E-state index contributed by atoms with van der Waals surface area (Å²) in [6.07, 6.45) is 1.58. The molecule has 2 aromatic carbocycles. The summed E-state index contributed by atoms with van der Waals surface area (Å²) in [6.45, 7) is 0. The standard InChI is InChI=1S/C14H9BF4O3/c16-10-9(8-4-2-6-1-3-7(6)5-8)11(17)13(19)14(12(10)18)22-15(20)21/h2,4-5,20-21H,1,3H2. The number of rotatable bonds is 3. The van der Waals surface area contributed by atoms with E-state index in [4.69, 9.17) is 10.0 Å². The Morgan fingerprint density at radius 2 is 1.45 bits per heavy atom. The van der Waals surface area contributed by atoms with Crippen molar-refractivity contribution in [3.8, 4) is 16.9 Å². The minimum absolute atomic E-state index is 0.00217. The Morgan fingerprint density at radius 3 is 1.91 bits per heavy atom. The second-order valence-corrected chi connectivity index (χ2v) is 4.89. The number of aryl methyl sites for hydroxylation is 2. The van der Waals surface area contributed by atoms with Crippen LogP contribution in [0.2, 0.25) is 0 Å². The molecular formula is C14H9BF4O3. The minimum Gasteiger partial charge on any atom is -0.507 e. The van der Waals surface area contributed by atoms with E-state index >= 15 is 0 Å². The van der Waals surface area contributed by atoms with Gasteiger partial charge in [0.1, 0.15) is 0 Å². The van der Waals surface area contributed by atoms with Crippen LogP contribution in [0.25, 0.3) is 11.1 Å². The van der Waals surface area contributed by atoms with E-state index in [0.29, 0.717) is 0 Å². The summed E-state index contributed by atoms with van der Waals surface area (Å²) in [7, 11) is -2.61. The Hall–Kier alpha value is -2.06. The molecule has 0 spiro atoms. The van der Waals surface area contributed by atoms with Crippen LogP contribution in [0.15, 0.2) is 18.2 Å². The van der Waals surface area contributed by atoms with Crippen molar-refractivity contribution in [2.24, 2.45) is 0 Å². The third-order valence-corrected chi connectivity index (χ3v) is 3.60. The average molecular weight is 312 g/mol. The molecule has 0 saturated heterocycles. The SMILES string of the molecule is OB(O)Oc1c(F)c(F)c(-c2ccc3c(c2)CC3)c(F)c1F. The molecule has 3 nitrogen and oxygen atoms in total. The van der Waals surface area contributed by atoms with Crippen molar-refractivity contribution in [3.05, 3.63) is 52.6 Å². The van der Waals surface area contributed by atoms with Gasteiger partial charge in [-0.1, -0.05) is 18.2 Å². The van der Waals surface area contributed by atoms with Gasteiger partial charge in [-0.15, -0.1) is 0 Å². The number of fused-ring (bicyclic) bond motifs is 1. The van der Waals surface area contributed by atoms with E-state index in [-0.39, 0.29) is 5.56 Å². The van der Waals surface area contributed by atoms with Gasteiger partial charge in [0.15, 0.2) is 17.4 Å². The Bertz CT molecular complexity index is 735. The highest BCUT2D eigenvalue weighted by Gasteiger charge is 2.30. The van der Waals surface area contributed by atoms with Gasteiger partial charge >= 0.3 is 7.32 Å². The maximum Gasteiger partial charge on any atom is 0.707 e. The van der Waals surface area contributed by atoms with E-state index in [1.165, 1.54) is 12.1 Å². The van der Waals surface area contributed by atoms with Crippen LogP contribution in [0.3, 0.4) is 0 Å². The molecule has 0 aromatic heterocycles. The normalized spacial score (nSPS) is 12.6. The lowest BCUT2D eigenvalue weighted by Gasteiger charge is -2.20. The van der Waals surface area contributed by atoms with Crippen molar-refractivity contribution in [1.29, 1.82) is 0 Å². The monoisotopic (exact) mass is 312 g/mol. The summed E-state index contributed by atoms with van der Waals surface area (Å²) >= 11 is 0. The molecule has 8 heteroatoms. The first-order valence-electron chi connectivity index (χ1n) is 6.41. The lowest BCUT2D eigenvalue weighted by molar-refractivity contribution is 0.268. The summed E-state index contributed by atoms with van der Waals surface area (Å²) in [5.41, 5.74) is 1.03. The maximum atomic E-state index is 14.1. The highest BCUT2D eigenvalue weighted by atomic mass is 19.2. The quantitative estimate of drug-likeness (QED) is 0.520. The van der Waals surface area contributed by atoms with E-state index in [2.05, 4.69) is 4.65 Å². The fourth-order valence-electron chi connectivity index (χ4n) is 2.42. The molecule has 22 heavy (non-hydrogen) atoms. The average Bonchev–Trinajstić information content (AvgIpc) is 2.44. The van der Waals surface area contributed by atoms with Crippen LogP contribution in [0.4, 0.5) is 17.6 Å². The van der Waals surface area contributed by atoms with Crippen LogP contribution in [-0.4, -0.2) is 17.4 Å². The van der Waals surface area contributed by atoms with Crippen LogP contribution in [-0.2, 0) is 12.8 Å². The van der Waals surface area contributed by atoms with Gasteiger partial charge < -0.3 is 14.7 Å². The van der Waals surface area contributed by atoms with Gasteiger partial charge in [-0.05, 0) is 29.5 Å². The highest BCUT2D eigenvalue weighted by Crippen LogP contribution is 2.37. The number of hydrogen-bond donors (Lipinski definition) is 2. The van der Waals surface area contributed by atoms with Crippen molar-refractivity contribution in [2.75, 3.05) is 0 Å². The fraction of sp³-hybridized carbons (Fsp3) is 0.143. The molecule has 2 N–H and O–H groups in total. The molecule has 3 rings (SSSR count). The first-order chi connectivity index (χ1) is 10.4. The van der Waals surface area contributed by atoms with Gasteiger partial charge in [-0.25, -0.2) is 8.78 Å². The van der Waals surface area contributed by atoms with E-state index in [9.17, 15) is 17.6 Å². The zero-order valence-electron chi connectivity index (χ0n) is 11.0. The first-order valence-corrected chi connectivity index (χ1v) is 6.41. The van der Waals surface area contributed by atoms with Crippen molar-refractivity contribution < 1.29 is 32.3 Å². The molecule has 0 bridgehead atoms. The lowest BCUT2D eigenvalue weighted by Crippen LogP contribution is -2.23. The van der Waals surface area contributed by atoms with E-state index in [1.54, 1.807) is 6.07 Å². The first kappa shape index (κ1) is 14.9. The molecule has 0 atom stereocenters. The molecule has 0 unspecified atom stereocenters. The molecule has 0 aliphatic heterocycles. The van der Waals surface area contributed by atoms with Crippen LogP contribution >= 0.6 is 0 Å². The van der Waals surface area contributed by atoms with Gasteiger partial charge in [0.05, 0.1) is 5.56 Å². The zero-order valence-corrected chi connectivity index (χ0v) is 11.0. The summed E-state index contributed by atoms with van der Waals surface area (Å²) in [4.78, 5) is 0. The molecule has 0 amide bonds. The molecule has 2 aromatic rings. The summed E-state index contributed by atoms with van der Waals surface area (Å²) in [6, 6.07) is 4.49. The van der Waals surface area contributed by atoms with E-state index < -0.39 is 41.9 Å². The summed E-state index contributed by atoms with van der Waals surface area (Å²) in [5, 5.41) is 17.1. The predicted octanol–water partition coefficient (Wildman–Crippen LogP) is 2.36. The highest BCUT2D eigenvalue weighted by molar-refractivity contribution is 6.33. The Labute approximate surface area is 123 Å². The third kappa shape index (κ3) is 2.24. The van der Waals surface area contributed by atoms with Gasteiger partial charge in [0.2, 0.25) is 11.6 Å². The Kier molecular flexibility index (Phi) is 3.58. The Balaban J connectivity index is 2.18. The number of benzene rings is 2. The number of hydrogen-bond acceptors (Lipinski definition) is 3. The van der Waals surface area contributed by atoms with Gasteiger partial charge in [-0.2, -0.15) is 8.78 Å². The van der Waals surface area contributed by atoms with Crippen LogP contribution in [0.5, 0.6) is 5.75 Å². The summed E-state index contributed by atoms with van der Waals surface area (Å²) < 4.78 is 59.7. The van der Waals surface area contributed by atoms with Crippen molar-refractivity contribution >= 4 is 7.32 Å². The smallest absolute Gasteiger partial charge is 0.507 e. The second kappa shape index (κ2) is 5.29. The van der Waals surface area contributed by atoms with Crippen LogP contribution in [0, 0.1) is 23.3 Å². The second-order valence-electron chi connectivity index (χ2n) is 4.89. The molecule has 1 aliphatic rings. The molecule has 0 radical (unpaired) electrons. The molecule has 1 aliphatic carbocycles. The van der Waals surface area contributed by atoms with Crippen molar-refractivity contribution in [1.82, 2.24) is 0 Å². The van der Waals surface area contributed by atoms with Crippen LogP contribution in [0.1, 0.15) is 11.1 Å². The van der Waals surface area contributed by atoms with Gasteiger partial charge in [0.25, 0.3) is 0 Å². The molecule has 0 saturated carbocycles. The molecule has 0 heterocycles. The predicted molar refractivity (Wildman–Crippen MR) is 69.9 cm³/mol. The maximum absolute atomic E-state index is 14.1. The van der Waals surface area contributed by atoms with Gasteiger partial charge in [-0.3, -0.25) is 0 Å². The van der Waals surface area contributed by atoms with E-state index in [0.717, 1.165) is 24.0 Å². The van der Waals surface area contributed by atoms with Gasteiger partial charge in [0, 0.05) is 0 Å². The molecule has 114 valence electrons. The molecule has 0 fully saturated rings. The Morgan fingerprint density at radius 1 is 0.864 bits per heavy atom. The topological polar surface area (TPSA) is 49.7 Å².